The van der Waals surface area contributed by atoms with Gasteiger partial charge in [-0.3, -0.25) is 14.6 Å². The average molecular weight is 387 g/mol. The van der Waals surface area contributed by atoms with E-state index in [1.807, 2.05) is 54.6 Å². The molecule has 3 rings (SSSR count). The van der Waals surface area contributed by atoms with Gasteiger partial charge in [-0.15, -0.1) is 0 Å². The number of amides is 2. The molecule has 5 nitrogen and oxygen atoms in total. The Balaban J connectivity index is 1.75. The molecule has 0 spiro atoms. The highest BCUT2D eigenvalue weighted by atomic mass is 16.2. The number of aromatic nitrogens is 1. The molecule has 2 amide bonds. The molecule has 0 aliphatic heterocycles. The molecule has 0 atom stereocenters. The zero-order chi connectivity index (χ0) is 21.0. The summed E-state index contributed by atoms with van der Waals surface area (Å²) in [5, 5.41) is 2.87. The molecule has 0 aliphatic rings. The molecular formula is C24H25N3O2. The Kier molecular flexibility index (Phi) is 5.78. The largest absolute Gasteiger partial charge is 0.322 e. The lowest BCUT2D eigenvalue weighted by molar-refractivity contribution is 0.0988. The fourth-order valence-electron chi connectivity index (χ4n) is 2.89. The van der Waals surface area contributed by atoms with Crippen LogP contribution < -0.4 is 10.2 Å². The number of pyridine rings is 1. The van der Waals surface area contributed by atoms with Gasteiger partial charge in [-0.2, -0.15) is 0 Å². The van der Waals surface area contributed by atoms with Crippen LogP contribution in [0.2, 0.25) is 0 Å². The van der Waals surface area contributed by atoms with E-state index in [0.717, 1.165) is 5.69 Å². The molecular weight excluding hydrogens is 362 g/mol. The van der Waals surface area contributed by atoms with Gasteiger partial charge in [0.15, 0.2) is 0 Å². The van der Waals surface area contributed by atoms with E-state index in [0.29, 0.717) is 11.3 Å². The molecule has 0 bridgehead atoms. The number of carbonyl (C=O) groups excluding carboxylic acids is 2. The Labute approximate surface area is 171 Å². The van der Waals surface area contributed by atoms with E-state index >= 15 is 0 Å². The topological polar surface area (TPSA) is 62.3 Å². The lowest BCUT2D eigenvalue weighted by atomic mass is 9.87. The molecule has 1 heterocycles. The van der Waals surface area contributed by atoms with Gasteiger partial charge in [0.1, 0.15) is 5.69 Å². The number of para-hydroxylation sites is 1. The predicted molar refractivity (Wildman–Crippen MR) is 117 cm³/mol. The number of rotatable bonds is 4. The van der Waals surface area contributed by atoms with Gasteiger partial charge in [0.25, 0.3) is 11.8 Å². The van der Waals surface area contributed by atoms with E-state index in [9.17, 15) is 9.59 Å². The van der Waals surface area contributed by atoms with Gasteiger partial charge in [-0.1, -0.05) is 51.1 Å². The van der Waals surface area contributed by atoms with Crippen molar-refractivity contribution in [1.29, 1.82) is 0 Å². The van der Waals surface area contributed by atoms with Crippen LogP contribution in [0.4, 0.5) is 11.4 Å². The van der Waals surface area contributed by atoms with Gasteiger partial charge >= 0.3 is 0 Å². The lowest BCUT2D eigenvalue weighted by Gasteiger charge is -2.19. The quantitative estimate of drug-likeness (QED) is 0.692. The highest BCUT2D eigenvalue weighted by Crippen LogP contribution is 2.23. The lowest BCUT2D eigenvalue weighted by Crippen LogP contribution is -2.27. The van der Waals surface area contributed by atoms with Crippen molar-refractivity contribution in [3.05, 3.63) is 89.7 Å². The van der Waals surface area contributed by atoms with Crippen LogP contribution in [0.25, 0.3) is 0 Å². The Bertz CT molecular complexity index is 1010. The highest BCUT2D eigenvalue weighted by molar-refractivity contribution is 6.08. The summed E-state index contributed by atoms with van der Waals surface area (Å²) >= 11 is 0. The first kappa shape index (κ1) is 20.3. The number of carbonyl (C=O) groups is 2. The van der Waals surface area contributed by atoms with Gasteiger partial charge in [-0.05, 0) is 47.4 Å². The third-order valence-corrected chi connectivity index (χ3v) is 4.70. The second-order valence-electron chi connectivity index (χ2n) is 7.91. The van der Waals surface area contributed by atoms with Crippen molar-refractivity contribution < 1.29 is 9.59 Å². The highest BCUT2D eigenvalue weighted by Gasteiger charge is 2.17. The summed E-state index contributed by atoms with van der Waals surface area (Å²) in [6, 6.07) is 20.2. The van der Waals surface area contributed by atoms with Gasteiger partial charge < -0.3 is 10.2 Å². The third-order valence-electron chi connectivity index (χ3n) is 4.70. The van der Waals surface area contributed by atoms with Crippen molar-refractivity contribution in [2.24, 2.45) is 0 Å². The van der Waals surface area contributed by atoms with E-state index in [4.69, 9.17) is 0 Å². The van der Waals surface area contributed by atoms with Crippen LogP contribution in [0.5, 0.6) is 0 Å². The van der Waals surface area contributed by atoms with Crippen LogP contribution in [0, 0.1) is 0 Å². The smallest absolute Gasteiger partial charge is 0.276 e. The third kappa shape index (κ3) is 4.88. The van der Waals surface area contributed by atoms with Gasteiger partial charge in [0.05, 0.1) is 0 Å². The van der Waals surface area contributed by atoms with Crippen LogP contribution in [0.3, 0.4) is 0 Å². The van der Waals surface area contributed by atoms with Gasteiger partial charge in [0.2, 0.25) is 0 Å². The van der Waals surface area contributed by atoms with Crippen LogP contribution in [-0.2, 0) is 5.41 Å². The summed E-state index contributed by atoms with van der Waals surface area (Å²) < 4.78 is 0. The summed E-state index contributed by atoms with van der Waals surface area (Å²) in [7, 11) is 1.68. The van der Waals surface area contributed by atoms with E-state index in [1.54, 1.807) is 13.1 Å². The first-order chi connectivity index (χ1) is 13.8. The zero-order valence-corrected chi connectivity index (χ0v) is 17.1. The Morgan fingerprint density at radius 2 is 1.59 bits per heavy atom. The van der Waals surface area contributed by atoms with Gasteiger partial charge in [-0.25, -0.2) is 0 Å². The number of nitrogens with one attached hydrogen (secondary N) is 1. The minimum Gasteiger partial charge on any atom is -0.322 e. The first-order valence-electron chi connectivity index (χ1n) is 9.47. The molecule has 1 N–H and O–H groups in total. The van der Waals surface area contributed by atoms with Crippen LogP contribution in [-0.4, -0.2) is 23.8 Å². The molecule has 0 saturated heterocycles. The Hall–Kier alpha value is -3.47. The Morgan fingerprint density at radius 3 is 2.21 bits per heavy atom. The van der Waals surface area contributed by atoms with E-state index in [1.165, 1.54) is 22.7 Å². The number of nitrogens with zero attached hydrogens (tertiary/aromatic N) is 2. The standard InChI is InChI=1S/C24H25N3O2/c1-24(2,3)18-10-12-19(13-11-18)26-22(28)17-14-15-25-21(16-17)23(29)27(4)20-8-6-5-7-9-20/h5-16H,1-4H3,(H,26,28). The fraction of sp³-hybridized carbons (Fsp3) is 0.208. The number of hydrogen-bond acceptors (Lipinski definition) is 3. The monoisotopic (exact) mass is 387 g/mol. The van der Waals surface area contributed by atoms with Crippen molar-refractivity contribution in [3.8, 4) is 0 Å². The maximum absolute atomic E-state index is 12.7. The second kappa shape index (κ2) is 8.27. The predicted octanol–water partition coefficient (Wildman–Crippen LogP) is 4.91. The molecule has 1 aromatic heterocycles. The molecule has 0 saturated carbocycles. The maximum atomic E-state index is 12.7. The normalized spacial score (nSPS) is 11.0. The average Bonchev–Trinajstić information content (AvgIpc) is 2.73. The van der Waals surface area contributed by atoms with Crippen molar-refractivity contribution in [3.63, 3.8) is 0 Å². The number of anilines is 2. The van der Waals surface area contributed by atoms with E-state index < -0.39 is 0 Å². The van der Waals surface area contributed by atoms with Crippen LogP contribution >= 0.6 is 0 Å². The number of hydrogen-bond donors (Lipinski definition) is 1. The molecule has 29 heavy (non-hydrogen) atoms. The van der Waals surface area contributed by atoms with E-state index in [-0.39, 0.29) is 22.9 Å². The molecule has 0 fully saturated rings. The van der Waals surface area contributed by atoms with Crippen LogP contribution in [0.15, 0.2) is 72.9 Å². The summed E-state index contributed by atoms with van der Waals surface area (Å²) in [6.45, 7) is 6.42. The van der Waals surface area contributed by atoms with E-state index in [2.05, 4.69) is 31.1 Å². The molecule has 2 aromatic carbocycles. The molecule has 148 valence electrons. The molecule has 0 aliphatic carbocycles. The van der Waals surface area contributed by atoms with Crippen molar-refractivity contribution in [1.82, 2.24) is 4.98 Å². The minimum absolute atomic E-state index is 0.0493. The van der Waals surface area contributed by atoms with Gasteiger partial charge in [0, 0.05) is 30.2 Å². The molecule has 5 heteroatoms. The summed E-state index contributed by atoms with van der Waals surface area (Å²) in [4.78, 5) is 31.0. The summed E-state index contributed by atoms with van der Waals surface area (Å²) in [5.74, 6) is -0.562. The molecule has 3 aromatic rings. The fourth-order valence-corrected chi connectivity index (χ4v) is 2.89. The zero-order valence-electron chi connectivity index (χ0n) is 17.1. The SMILES string of the molecule is CN(C(=O)c1cc(C(=O)Nc2ccc(C(C)(C)C)cc2)ccn1)c1ccccc1. The van der Waals surface area contributed by atoms with Crippen LogP contribution in [0.1, 0.15) is 47.2 Å². The maximum Gasteiger partial charge on any atom is 0.276 e. The summed E-state index contributed by atoms with van der Waals surface area (Å²) in [5.41, 5.74) is 3.29. The second-order valence-corrected chi connectivity index (χ2v) is 7.91. The Morgan fingerprint density at radius 1 is 0.931 bits per heavy atom. The molecule has 0 radical (unpaired) electrons. The minimum atomic E-state index is -0.285. The van der Waals surface area contributed by atoms with Crippen molar-refractivity contribution in [2.45, 2.75) is 26.2 Å². The van der Waals surface area contributed by atoms with Crippen molar-refractivity contribution in [2.75, 3.05) is 17.3 Å². The molecule has 0 unspecified atom stereocenters. The summed E-state index contributed by atoms with van der Waals surface area (Å²) in [6.07, 6.45) is 1.48. The van der Waals surface area contributed by atoms with Crippen molar-refractivity contribution >= 4 is 23.2 Å². The number of benzene rings is 2. The first-order valence-corrected chi connectivity index (χ1v) is 9.47.